The molecule has 0 atom stereocenters. The maximum atomic E-state index is 12.5. The number of urea groups is 1. The Morgan fingerprint density at radius 1 is 1.26 bits per heavy atom. The fourth-order valence-corrected chi connectivity index (χ4v) is 1.64. The summed E-state index contributed by atoms with van der Waals surface area (Å²) in [5, 5.41) is 2.24. The van der Waals surface area contributed by atoms with Crippen LogP contribution in [0.25, 0.3) is 0 Å². The number of carbonyl (C=O) groups excluding carboxylic acids is 1. The second-order valence-corrected chi connectivity index (χ2v) is 4.45. The molecule has 0 fully saturated rings. The highest BCUT2D eigenvalue weighted by molar-refractivity contribution is 6.29. The van der Waals surface area contributed by atoms with Gasteiger partial charge in [-0.1, -0.05) is 11.6 Å². The number of pyridine rings is 1. The SMILES string of the molecule is Nc1nc(Cl)cc(NNC(=O)Nc2ccnc(C(F)(F)F)c2)n1. The number of rotatable bonds is 3. The van der Waals surface area contributed by atoms with Crippen LogP contribution in [0.4, 0.5) is 35.4 Å². The number of aromatic nitrogens is 3. The summed E-state index contributed by atoms with van der Waals surface area (Å²) >= 11 is 5.64. The topological polar surface area (TPSA) is 118 Å². The van der Waals surface area contributed by atoms with E-state index in [9.17, 15) is 18.0 Å². The first-order chi connectivity index (χ1) is 10.7. The van der Waals surface area contributed by atoms with Crippen LogP contribution in [0.1, 0.15) is 5.69 Å². The van der Waals surface area contributed by atoms with Crippen LogP contribution >= 0.6 is 11.6 Å². The van der Waals surface area contributed by atoms with E-state index in [1.165, 1.54) is 12.1 Å². The second-order valence-electron chi connectivity index (χ2n) is 4.07. The summed E-state index contributed by atoms with van der Waals surface area (Å²) in [6.45, 7) is 0. The summed E-state index contributed by atoms with van der Waals surface area (Å²) < 4.78 is 37.5. The fraction of sp³-hybridized carbons (Fsp3) is 0.0909. The van der Waals surface area contributed by atoms with Crippen LogP contribution in [-0.4, -0.2) is 21.0 Å². The number of halogens is 4. The Bertz CT molecular complexity index is 705. The molecule has 8 nitrogen and oxygen atoms in total. The highest BCUT2D eigenvalue weighted by Gasteiger charge is 2.32. The molecule has 0 aliphatic heterocycles. The van der Waals surface area contributed by atoms with Crippen molar-refractivity contribution in [3.05, 3.63) is 35.2 Å². The molecule has 0 saturated heterocycles. The number of carbonyl (C=O) groups is 1. The van der Waals surface area contributed by atoms with E-state index in [-0.39, 0.29) is 22.6 Å². The third-order valence-electron chi connectivity index (χ3n) is 2.32. The first-order valence-electron chi connectivity index (χ1n) is 5.90. The van der Waals surface area contributed by atoms with Crippen LogP contribution < -0.4 is 21.9 Å². The van der Waals surface area contributed by atoms with Crippen molar-refractivity contribution in [1.82, 2.24) is 20.4 Å². The summed E-state index contributed by atoms with van der Waals surface area (Å²) in [7, 11) is 0. The van der Waals surface area contributed by atoms with Gasteiger partial charge in [0.1, 0.15) is 10.8 Å². The quantitative estimate of drug-likeness (QED) is 0.499. The van der Waals surface area contributed by atoms with Crippen molar-refractivity contribution in [2.45, 2.75) is 6.18 Å². The molecule has 0 bridgehead atoms. The van der Waals surface area contributed by atoms with Crippen LogP contribution in [0.15, 0.2) is 24.4 Å². The van der Waals surface area contributed by atoms with Gasteiger partial charge in [0.25, 0.3) is 0 Å². The summed E-state index contributed by atoms with van der Waals surface area (Å²) in [6, 6.07) is 2.34. The zero-order chi connectivity index (χ0) is 17.0. The van der Waals surface area contributed by atoms with Crippen LogP contribution in [0.2, 0.25) is 5.15 Å². The molecule has 2 amide bonds. The number of nitrogens with zero attached hydrogens (tertiary/aromatic N) is 3. The number of alkyl halides is 3. The Kier molecular flexibility index (Phi) is 4.69. The Balaban J connectivity index is 1.97. The Morgan fingerprint density at radius 3 is 2.65 bits per heavy atom. The average Bonchev–Trinajstić information content (AvgIpc) is 2.43. The van der Waals surface area contributed by atoms with Gasteiger partial charge in [-0.15, -0.1) is 0 Å². The molecule has 0 radical (unpaired) electrons. The maximum Gasteiger partial charge on any atom is 0.433 e. The molecular formula is C11H9ClF3N7O. The molecule has 2 aromatic heterocycles. The predicted molar refractivity (Wildman–Crippen MR) is 76.5 cm³/mol. The zero-order valence-corrected chi connectivity index (χ0v) is 11.9. The number of hydrogen-bond acceptors (Lipinski definition) is 6. The molecule has 5 N–H and O–H groups in total. The zero-order valence-electron chi connectivity index (χ0n) is 11.1. The molecule has 0 aliphatic rings. The van der Waals surface area contributed by atoms with Crippen LogP contribution in [0.3, 0.4) is 0 Å². The van der Waals surface area contributed by atoms with E-state index in [4.69, 9.17) is 17.3 Å². The van der Waals surface area contributed by atoms with E-state index in [0.717, 1.165) is 6.20 Å². The number of nitrogens with one attached hydrogen (secondary N) is 3. The minimum absolute atomic E-state index is 0.0474. The van der Waals surface area contributed by atoms with Gasteiger partial charge < -0.3 is 11.1 Å². The molecule has 2 rings (SSSR count). The number of hydrogen-bond donors (Lipinski definition) is 4. The van der Waals surface area contributed by atoms with E-state index >= 15 is 0 Å². The van der Waals surface area contributed by atoms with E-state index in [1.54, 1.807) is 0 Å². The smallest absolute Gasteiger partial charge is 0.368 e. The summed E-state index contributed by atoms with van der Waals surface area (Å²) in [4.78, 5) is 22.1. The number of anilines is 3. The highest BCUT2D eigenvalue weighted by atomic mass is 35.5. The standard InChI is InChI=1S/C11H9ClF3N7O/c12-7-4-8(20-9(16)19-7)21-22-10(23)18-5-1-2-17-6(3-5)11(13,14)15/h1-4H,(H3,16,19,20,21)(H2,17,18,22,23). The lowest BCUT2D eigenvalue weighted by molar-refractivity contribution is -0.141. The van der Waals surface area contributed by atoms with Gasteiger partial charge in [0.05, 0.1) is 0 Å². The fourth-order valence-electron chi connectivity index (χ4n) is 1.45. The van der Waals surface area contributed by atoms with E-state index in [2.05, 4.69) is 31.1 Å². The maximum absolute atomic E-state index is 12.5. The number of nitrogen functional groups attached to an aromatic ring is 1. The van der Waals surface area contributed by atoms with Crippen LogP contribution in [-0.2, 0) is 6.18 Å². The van der Waals surface area contributed by atoms with Gasteiger partial charge in [0, 0.05) is 18.0 Å². The summed E-state index contributed by atoms with van der Waals surface area (Å²) in [5.41, 5.74) is 8.67. The first kappa shape index (κ1) is 16.5. The molecule has 2 aromatic rings. The van der Waals surface area contributed by atoms with Crippen LogP contribution in [0, 0.1) is 0 Å². The monoisotopic (exact) mass is 347 g/mol. The lowest BCUT2D eigenvalue weighted by Gasteiger charge is -2.11. The van der Waals surface area contributed by atoms with Crippen molar-refractivity contribution in [3.63, 3.8) is 0 Å². The van der Waals surface area contributed by atoms with Crippen molar-refractivity contribution >= 4 is 35.1 Å². The van der Waals surface area contributed by atoms with Gasteiger partial charge in [0.2, 0.25) is 5.95 Å². The minimum atomic E-state index is -4.61. The van der Waals surface area contributed by atoms with E-state index in [0.29, 0.717) is 6.07 Å². The number of amides is 2. The van der Waals surface area contributed by atoms with Crippen molar-refractivity contribution in [2.75, 3.05) is 16.5 Å². The van der Waals surface area contributed by atoms with Gasteiger partial charge in [0.15, 0.2) is 5.82 Å². The Morgan fingerprint density at radius 2 is 2.00 bits per heavy atom. The van der Waals surface area contributed by atoms with Crippen molar-refractivity contribution < 1.29 is 18.0 Å². The van der Waals surface area contributed by atoms with E-state index < -0.39 is 17.9 Å². The first-order valence-corrected chi connectivity index (χ1v) is 6.28. The molecule has 0 aromatic carbocycles. The Hall–Kier alpha value is -2.82. The summed E-state index contributed by atoms with van der Waals surface area (Å²) in [5.74, 6) is -0.0190. The van der Waals surface area contributed by atoms with Gasteiger partial charge >= 0.3 is 12.2 Å². The highest BCUT2D eigenvalue weighted by Crippen LogP contribution is 2.28. The molecule has 0 unspecified atom stereocenters. The van der Waals surface area contributed by atoms with Gasteiger partial charge in [-0.2, -0.15) is 18.2 Å². The van der Waals surface area contributed by atoms with Gasteiger partial charge in [-0.3, -0.25) is 15.8 Å². The predicted octanol–water partition coefficient (Wildman–Crippen LogP) is 2.27. The lowest BCUT2D eigenvalue weighted by atomic mass is 10.3. The van der Waals surface area contributed by atoms with E-state index in [1.807, 2.05) is 0 Å². The number of hydrazine groups is 1. The molecule has 2 heterocycles. The molecule has 0 saturated carbocycles. The van der Waals surface area contributed by atoms with Crippen LogP contribution in [0.5, 0.6) is 0 Å². The molecule has 0 spiro atoms. The average molecular weight is 348 g/mol. The molecular weight excluding hydrogens is 339 g/mol. The summed E-state index contributed by atoms with van der Waals surface area (Å²) in [6.07, 6.45) is -3.68. The normalized spacial score (nSPS) is 11.0. The lowest BCUT2D eigenvalue weighted by Crippen LogP contribution is -2.34. The van der Waals surface area contributed by atoms with Crippen molar-refractivity contribution in [2.24, 2.45) is 0 Å². The van der Waals surface area contributed by atoms with Gasteiger partial charge in [-0.25, -0.2) is 9.78 Å². The van der Waals surface area contributed by atoms with Crippen molar-refractivity contribution in [1.29, 1.82) is 0 Å². The molecule has 12 heteroatoms. The molecule has 23 heavy (non-hydrogen) atoms. The minimum Gasteiger partial charge on any atom is -0.368 e. The third kappa shape index (κ3) is 4.85. The Labute approximate surface area is 132 Å². The third-order valence-corrected chi connectivity index (χ3v) is 2.52. The van der Waals surface area contributed by atoms with Crippen molar-refractivity contribution in [3.8, 4) is 0 Å². The number of nitrogens with two attached hydrogens (primary N) is 1. The second kappa shape index (κ2) is 6.52. The molecule has 122 valence electrons. The molecule has 0 aliphatic carbocycles. The van der Waals surface area contributed by atoms with Gasteiger partial charge in [-0.05, 0) is 12.1 Å². The largest absolute Gasteiger partial charge is 0.433 e.